The summed E-state index contributed by atoms with van der Waals surface area (Å²) in [5.74, 6) is 2.37. The quantitative estimate of drug-likeness (QED) is 0.371. The second-order valence-electron chi connectivity index (χ2n) is 7.87. The zero-order chi connectivity index (χ0) is 19.3. The number of nitrogens with zero attached hydrogens (tertiary/aromatic N) is 1. The van der Waals surface area contributed by atoms with Crippen molar-refractivity contribution in [3.63, 3.8) is 0 Å². The van der Waals surface area contributed by atoms with Crippen molar-refractivity contribution < 1.29 is 30.6 Å². The fraction of sp³-hybridized carbons (Fsp3) is 0.524. The van der Waals surface area contributed by atoms with Crippen LogP contribution in [0.5, 0.6) is 5.75 Å². The number of unbranched alkanes of at least 4 members (excludes halogenated alkanes) is 1. The molecule has 0 fully saturated rings. The largest absolute Gasteiger partial charge is 1.00 e. The van der Waals surface area contributed by atoms with Crippen LogP contribution in [0.25, 0.3) is 0 Å². The highest BCUT2D eigenvalue weighted by Gasteiger charge is 2.18. The van der Waals surface area contributed by atoms with Gasteiger partial charge in [0.1, 0.15) is 12.3 Å². The lowest BCUT2D eigenvalue weighted by Gasteiger charge is -2.28. The van der Waals surface area contributed by atoms with Crippen LogP contribution in [0.4, 0.5) is 0 Å². The van der Waals surface area contributed by atoms with Crippen LogP contribution in [-0.2, 0) is 6.54 Å². The van der Waals surface area contributed by atoms with Crippen molar-refractivity contribution in [1.82, 2.24) is 0 Å². The van der Waals surface area contributed by atoms with Gasteiger partial charge in [-0.1, -0.05) is 25.4 Å². The van der Waals surface area contributed by atoms with E-state index in [1.54, 1.807) is 0 Å². The summed E-state index contributed by atoms with van der Waals surface area (Å²) < 4.78 is 13.4. The van der Waals surface area contributed by atoms with Crippen molar-refractivity contribution >= 4 is 27.5 Å². The summed E-state index contributed by atoms with van der Waals surface area (Å²) in [6, 6.07) is 8.08. The Bertz CT molecular complexity index is 729. The third-order valence-electron chi connectivity index (χ3n) is 4.54. The lowest BCUT2D eigenvalue weighted by molar-refractivity contribution is -0.904. The molecule has 3 nitrogen and oxygen atoms in total. The molecule has 1 aromatic heterocycles. The monoisotopic (exact) mass is 521 g/mol. The Morgan fingerprint density at radius 1 is 1.19 bits per heavy atom. The van der Waals surface area contributed by atoms with E-state index in [1.165, 1.54) is 5.56 Å². The molecule has 6 heteroatoms. The lowest BCUT2D eigenvalue weighted by atomic mass is 10.0. The number of ether oxygens (including phenoxy) is 1. The molecule has 0 radical (unpaired) electrons. The summed E-state index contributed by atoms with van der Waals surface area (Å²) in [5, 5.41) is 0.810. The first-order chi connectivity index (χ1) is 12.2. The maximum absolute atomic E-state index is 6.26. The van der Waals surface area contributed by atoms with Crippen LogP contribution in [0.2, 0.25) is 5.02 Å². The Morgan fingerprint density at radius 2 is 1.89 bits per heavy atom. The normalized spacial score (nSPS) is 11.6. The summed E-state index contributed by atoms with van der Waals surface area (Å²) in [4.78, 5) is 0. The standard InChI is InChI=1S/C21H30BrClNO2.BrH/c1-15(2)18-13-19(23)16(3)12-20(18)25-11-7-6-10-24(4,5)14-17-8-9-21(22)26-17;/h8-9,12-13,15H,6-7,10-11,14H2,1-5H3;1H/q+1;/p-1. The van der Waals surface area contributed by atoms with Gasteiger partial charge in [-0.2, -0.15) is 0 Å². The van der Waals surface area contributed by atoms with Gasteiger partial charge in [-0.15, -0.1) is 0 Å². The molecule has 0 saturated heterocycles. The summed E-state index contributed by atoms with van der Waals surface area (Å²) in [7, 11) is 4.47. The highest BCUT2D eigenvalue weighted by Crippen LogP contribution is 2.32. The molecular weight excluding hydrogens is 493 g/mol. The number of quaternary nitrogens is 1. The molecule has 0 spiro atoms. The van der Waals surface area contributed by atoms with Gasteiger partial charge >= 0.3 is 0 Å². The van der Waals surface area contributed by atoms with Crippen molar-refractivity contribution in [1.29, 1.82) is 0 Å². The molecule has 0 unspecified atom stereocenters. The fourth-order valence-electron chi connectivity index (χ4n) is 3.01. The first kappa shape index (κ1) is 24.5. The van der Waals surface area contributed by atoms with Gasteiger partial charge in [-0.05, 0) is 77.0 Å². The van der Waals surface area contributed by atoms with Gasteiger partial charge in [0.25, 0.3) is 0 Å². The summed E-state index contributed by atoms with van der Waals surface area (Å²) in [6.07, 6.45) is 2.14. The van der Waals surface area contributed by atoms with Crippen LogP contribution in [0.15, 0.2) is 33.4 Å². The Kier molecular flexibility index (Phi) is 9.90. The molecule has 0 aliphatic heterocycles. The van der Waals surface area contributed by atoms with Crippen LogP contribution in [-0.4, -0.2) is 31.7 Å². The van der Waals surface area contributed by atoms with Gasteiger partial charge in [0, 0.05) is 5.02 Å². The fourth-order valence-corrected chi connectivity index (χ4v) is 3.52. The van der Waals surface area contributed by atoms with E-state index >= 15 is 0 Å². The topological polar surface area (TPSA) is 22.4 Å². The van der Waals surface area contributed by atoms with E-state index in [4.69, 9.17) is 20.8 Å². The Labute approximate surface area is 187 Å². The molecule has 2 rings (SSSR count). The molecule has 0 aliphatic rings. The second-order valence-corrected chi connectivity index (χ2v) is 9.06. The van der Waals surface area contributed by atoms with E-state index < -0.39 is 0 Å². The maximum atomic E-state index is 6.26. The Balaban J connectivity index is 0.00000364. The maximum Gasteiger partial charge on any atom is 0.169 e. The predicted octanol–water partition coefficient (Wildman–Crippen LogP) is 3.57. The molecule has 0 amide bonds. The molecule has 27 heavy (non-hydrogen) atoms. The van der Waals surface area contributed by atoms with Crippen molar-refractivity contribution in [2.45, 2.75) is 46.1 Å². The molecule has 0 atom stereocenters. The number of aryl methyl sites for hydroxylation is 1. The number of rotatable bonds is 9. The molecule has 0 N–H and O–H groups in total. The van der Waals surface area contributed by atoms with Gasteiger partial charge in [0.15, 0.2) is 10.4 Å². The van der Waals surface area contributed by atoms with Gasteiger partial charge in [0.2, 0.25) is 0 Å². The van der Waals surface area contributed by atoms with Crippen LogP contribution < -0.4 is 21.7 Å². The molecule has 0 saturated carbocycles. The van der Waals surface area contributed by atoms with Crippen molar-refractivity contribution in [2.75, 3.05) is 27.2 Å². The number of hydrogen-bond acceptors (Lipinski definition) is 2. The van der Waals surface area contributed by atoms with Crippen LogP contribution in [0, 0.1) is 6.92 Å². The number of hydrogen-bond donors (Lipinski definition) is 0. The Hall–Kier alpha value is -0.490. The van der Waals surface area contributed by atoms with Crippen LogP contribution in [0.1, 0.15) is 49.5 Å². The van der Waals surface area contributed by atoms with Gasteiger partial charge in [-0.3, -0.25) is 0 Å². The highest BCUT2D eigenvalue weighted by molar-refractivity contribution is 9.10. The van der Waals surface area contributed by atoms with Crippen molar-refractivity contribution in [3.8, 4) is 5.75 Å². The van der Waals surface area contributed by atoms with Gasteiger partial charge in [-0.25, -0.2) is 0 Å². The summed E-state index contributed by atoms with van der Waals surface area (Å²) in [6.45, 7) is 9.06. The molecule has 1 aromatic carbocycles. The van der Waals surface area contributed by atoms with Crippen LogP contribution >= 0.6 is 27.5 Å². The smallest absolute Gasteiger partial charge is 0.169 e. The second kappa shape index (κ2) is 10.9. The highest BCUT2D eigenvalue weighted by atomic mass is 79.9. The van der Waals surface area contributed by atoms with E-state index in [9.17, 15) is 0 Å². The minimum Gasteiger partial charge on any atom is -1.00 e. The minimum atomic E-state index is 0. The zero-order valence-electron chi connectivity index (χ0n) is 16.8. The van der Waals surface area contributed by atoms with E-state index in [0.29, 0.717) is 5.92 Å². The van der Waals surface area contributed by atoms with Gasteiger partial charge in [0.05, 0.1) is 27.2 Å². The van der Waals surface area contributed by atoms with E-state index in [-0.39, 0.29) is 17.0 Å². The zero-order valence-corrected chi connectivity index (χ0v) is 20.7. The van der Waals surface area contributed by atoms with Crippen LogP contribution in [0.3, 0.4) is 0 Å². The molecule has 152 valence electrons. The van der Waals surface area contributed by atoms with E-state index in [0.717, 1.165) is 63.8 Å². The predicted molar refractivity (Wildman–Crippen MR) is 112 cm³/mol. The molecule has 2 aromatic rings. The first-order valence-electron chi connectivity index (χ1n) is 9.17. The lowest BCUT2D eigenvalue weighted by Crippen LogP contribution is -3.00. The summed E-state index contributed by atoms with van der Waals surface area (Å²) >= 11 is 9.63. The van der Waals surface area contributed by atoms with Gasteiger partial charge < -0.3 is 30.6 Å². The molecular formula is C21H30Br2ClNO2. The SMILES string of the molecule is Cc1cc(OCCCC[N+](C)(C)Cc2ccc(Br)o2)c(C(C)C)cc1Cl.[Br-]. The van der Waals surface area contributed by atoms with E-state index in [1.807, 2.05) is 25.1 Å². The van der Waals surface area contributed by atoms with E-state index in [2.05, 4.69) is 49.9 Å². The van der Waals surface area contributed by atoms with Crippen molar-refractivity contribution in [3.05, 3.63) is 50.8 Å². The minimum absolute atomic E-state index is 0. The van der Waals surface area contributed by atoms with Crippen molar-refractivity contribution in [2.24, 2.45) is 0 Å². The average Bonchev–Trinajstić information content (AvgIpc) is 2.93. The summed E-state index contributed by atoms with van der Waals surface area (Å²) in [5.41, 5.74) is 2.24. The average molecular weight is 524 g/mol. The number of halogens is 3. The Morgan fingerprint density at radius 3 is 2.48 bits per heavy atom. The molecule has 0 bridgehead atoms. The third-order valence-corrected chi connectivity index (χ3v) is 5.37. The number of furan rings is 1. The number of benzene rings is 1. The molecule has 0 aliphatic carbocycles. The third kappa shape index (κ3) is 7.80. The molecule has 1 heterocycles. The first-order valence-corrected chi connectivity index (χ1v) is 10.3.